The maximum atomic E-state index is 15.5. The molecule has 0 atom stereocenters. The van der Waals surface area contributed by atoms with Crippen molar-refractivity contribution in [1.82, 2.24) is 4.90 Å². The van der Waals surface area contributed by atoms with E-state index >= 15 is 8.78 Å². The molecule has 1 amide bonds. The Bertz CT molecular complexity index is 1610. The second kappa shape index (κ2) is 16.4. The highest BCUT2D eigenvalue weighted by Gasteiger charge is 2.30. The number of ketones is 1. The molecule has 0 aliphatic carbocycles. The van der Waals surface area contributed by atoms with E-state index in [9.17, 15) is 19.2 Å². The van der Waals surface area contributed by atoms with Gasteiger partial charge in [0.1, 0.15) is 0 Å². The van der Waals surface area contributed by atoms with Crippen LogP contribution < -0.4 is 18.9 Å². The molecule has 1 N–H and O–H groups in total. The molecule has 3 aromatic rings. The number of fused-ring (bicyclic) bond motifs is 2. The molecule has 4 rings (SSSR count). The van der Waals surface area contributed by atoms with Crippen molar-refractivity contribution < 1.29 is 56.7 Å². The minimum atomic E-state index is -1.09. The quantitative estimate of drug-likeness (QED) is 0.114. The normalized spacial score (nSPS) is 11.9. The third-order valence-electron chi connectivity index (χ3n) is 7.04. The molecule has 1 aliphatic heterocycles. The first-order valence-corrected chi connectivity index (χ1v) is 15.0. The van der Waals surface area contributed by atoms with E-state index in [-0.39, 0.29) is 117 Å². The topological polar surface area (TPSA) is 138 Å². The van der Waals surface area contributed by atoms with Crippen molar-refractivity contribution in [2.24, 2.45) is 0 Å². The Morgan fingerprint density at radius 2 is 1.54 bits per heavy atom. The van der Waals surface area contributed by atoms with Crippen molar-refractivity contribution in [2.75, 3.05) is 34.0 Å². The van der Waals surface area contributed by atoms with Crippen LogP contribution in [0.2, 0.25) is 0 Å². The zero-order valence-electron chi connectivity index (χ0n) is 25.4. The van der Waals surface area contributed by atoms with Crippen LogP contribution in [-0.4, -0.2) is 67.7 Å². The lowest BCUT2D eigenvalue weighted by atomic mass is 10.1. The van der Waals surface area contributed by atoms with Crippen molar-refractivity contribution in [2.45, 2.75) is 52.1 Å². The van der Waals surface area contributed by atoms with Gasteiger partial charge in [0.2, 0.25) is 5.91 Å². The Labute approximate surface area is 273 Å². The van der Waals surface area contributed by atoms with Gasteiger partial charge in [0.25, 0.3) is 0 Å². The summed E-state index contributed by atoms with van der Waals surface area (Å²) in [7, 11) is 2.72. The van der Waals surface area contributed by atoms with Gasteiger partial charge in [-0.3, -0.25) is 19.2 Å². The van der Waals surface area contributed by atoms with Gasteiger partial charge < -0.3 is 33.7 Å². The molecule has 0 fully saturated rings. The average molecular weight is 686 g/mol. The smallest absolute Gasteiger partial charge is 0.306 e. The van der Waals surface area contributed by atoms with Gasteiger partial charge in [-0.05, 0) is 24.6 Å². The van der Waals surface area contributed by atoms with Crippen LogP contribution in [0, 0.1) is 11.6 Å². The second-order valence-electron chi connectivity index (χ2n) is 10.0. The zero-order chi connectivity index (χ0) is 32.7. The maximum absolute atomic E-state index is 15.5. The number of thiophene rings is 1. The van der Waals surface area contributed by atoms with Crippen LogP contribution in [0.1, 0.15) is 59.8 Å². The molecule has 2 heterocycles. The highest BCUT2D eigenvalue weighted by Crippen LogP contribution is 2.41. The Hall–Kier alpha value is -4.17. The van der Waals surface area contributed by atoms with Crippen molar-refractivity contribution >= 4 is 57.5 Å². The van der Waals surface area contributed by atoms with Gasteiger partial charge in [-0.15, -0.1) is 23.7 Å². The summed E-state index contributed by atoms with van der Waals surface area (Å²) in [6.07, 6.45) is -0.415. The Balaban J connectivity index is 0.00000576. The third-order valence-corrected chi connectivity index (χ3v) is 8.16. The van der Waals surface area contributed by atoms with Crippen molar-refractivity contribution in [1.29, 1.82) is 0 Å². The standard InChI is InChI=1S/C31H33F2NO10S.ClH/c1-4-42-27(39)9-6-20(35)24-13-18-23(45-24)14-22(41-3)31(28(18)32)44-11-5-10-43-30-21(40-2)12-17-15-34(16-19(17)29(30)33)25(36)7-8-26(37)38;/h12-14H,4-11,15-16H2,1-3H3,(H,37,38);1H. The van der Waals surface area contributed by atoms with E-state index in [1.807, 2.05) is 0 Å². The van der Waals surface area contributed by atoms with Crippen molar-refractivity contribution in [3.05, 3.63) is 45.8 Å². The molecular weight excluding hydrogens is 652 g/mol. The molecule has 250 valence electrons. The first-order chi connectivity index (χ1) is 21.6. The predicted octanol–water partition coefficient (Wildman–Crippen LogP) is 5.70. The summed E-state index contributed by atoms with van der Waals surface area (Å²) in [6, 6.07) is 4.57. The molecule has 2 aromatic carbocycles. The number of halogens is 3. The summed E-state index contributed by atoms with van der Waals surface area (Å²) in [5.74, 6) is -3.70. The maximum Gasteiger partial charge on any atom is 0.306 e. The van der Waals surface area contributed by atoms with Crippen molar-refractivity contribution in [3.8, 4) is 23.0 Å². The third kappa shape index (κ3) is 8.35. The minimum Gasteiger partial charge on any atom is -0.493 e. The van der Waals surface area contributed by atoms with Crippen LogP contribution in [0.25, 0.3) is 10.1 Å². The number of ether oxygens (including phenoxy) is 5. The second-order valence-corrected chi connectivity index (χ2v) is 11.1. The number of aliphatic carboxylic acids is 1. The summed E-state index contributed by atoms with van der Waals surface area (Å²) in [4.78, 5) is 49.0. The summed E-state index contributed by atoms with van der Waals surface area (Å²) in [5, 5.41) is 9.01. The molecule has 0 radical (unpaired) electrons. The van der Waals surface area contributed by atoms with Gasteiger partial charge in [0.05, 0.1) is 51.8 Å². The number of Topliss-reactive ketones (excluding diaryl/α,β-unsaturated/α-hetero) is 1. The van der Waals surface area contributed by atoms with E-state index in [0.717, 1.165) is 11.3 Å². The van der Waals surface area contributed by atoms with Gasteiger partial charge in [-0.1, -0.05) is 0 Å². The largest absolute Gasteiger partial charge is 0.493 e. The van der Waals surface area contributed by atoms with Crippen molar-refractivity contribution in [3.63, 3.8) is 0 Å². The monoisotopic (exact) mass is 685 g/mol. The number of carbonyl (C=O) groups is 4. The number of nitrogens with zero attached hydrogens (tertiary/aromatic N) is 1. The van der Waals surface area contributed by atoms with Gasteiger partial charge >= 0.3 is 11.9 Å². The molecule has 1 aliphatic rings. The number of rotatable bonds is 16. The zero-order valence-corrected chi connectivity index (χ0v) is 27.1. The Kier molecular flexibility index (Phi) is 12.9. The van der Waals surface area contributed by atoms with E-state index in [4.69, 9.17) is 28.8 Å². The number of methoxy groups -OCH3 is 2. The summed E-state index contributed by atoms with van der Waals surface area (Å²) >= 11 is 1.08. The number of hydrogen-bond acceptors (Lipinski definition) is 10. The number of carboxylic acid groups (broad SMARTS) is 1. The van der Waals surface area contributed by atoms with E-state index in [2.05, 4.69) is 0 Å². The first-order valence-electron chi connectivity index (χ1n) is 14.2. The van der Waals surface area contributed by atoms with E-state index in [1.54, 1.807) is 19.1 Å². The fraction of sp³-hybridized carbons (Fsp3) is 0.419. The lowest BCUT2D eigenvalue weighted by Gasteiger charge is -2.15. The molecule has 0 unspecified atom stereocenters. The number of benzene rings is 2. The highest BCUT2D eigenvalue weighted by atomic mass is 35.5. The number of esters is 1. The summed E-state index contributed by atoms with van der Waals surface area (Å²) in [5.41, 5.74) is 0.805. The fourth-order valence-electron chi connectivity index (χ4n) is 4.80. The molecule has 0 saturated carbocycles. The van der Waals surface area contributed by atoms with E-state index in [1.165, 1.54) is 25.2 Å². The number of amides is 1. The van der Waals surface area contributed by atoms with Crippen LogP contribution in [0.5, 0.6) is 23.0 Å². The molecule has 0 saturated heterocycles. The lowest BCUT2D eigenvalue weighted by Crippen LogP contribution is -2.25. The Morgan fingerprint density at radius 3 is 2.17 bits per heavy atom. The van der Waals surface area contributed by atoms with Gasteiger partial charge in [0.15, 0.2) is 40.4 Å². The molecule has 0 spiro atoms. The highest BCUT2D eigenvalue weighted by molar-refractivity contribution is 7.20. The predicted molar refractivity (Wildman–Crippen MR) is 165 cm³/mol. The lowest BCUT2D eigenvalue weighted by molar-refractivity contribution is -0.143. The van der Waals surface area contributed by atoms with Gasteiger partial charge in [0, 0.05) is 54.1 Å². The minimum absolute atomic E-state index is 0. The van der Waals surface area contributed by atoms with E-state index in [0.29, 0.717) is 15.1 Å². The number of carboxylic acids is 1. The van der Waals surface area contributed by atoms with Crippen LogP contribution in [0.15, 0.2) is 18.2 Å². The molecule has 11 nitrogen and oxygen atoms in total. The first kappa shape index (κ1) is 36.3. The molecular formula is C31H34ClF2NO10S. The van der Waals surface area contributed by atoms with Crippen LogP contribution in [-0.2, 0) is 32.2 Å². The SMILES string of the molecule is CCOC(=O)CCC(=O)c1cc2c(F)c(OCCCOc3c(OC)cc4c(c3F)CN(C(=O)CCC(=O)O)C4)c(OC)cc2s1.Cl. The van der Waals surface area contributed by atoms with Gasteiger partial charge in [-0.2, -0.15) is 0 Å². The summed E-state index contributed by atoms with van der Waals surface area (Å²) < 4.78 is 58.3. The van der Waals surface area contributed by atoms with E-state index < -0.39 is 29.5 Å². The molecule has 1 aromatic heterocycles. The Morgan fingerprint density at radius 1 is 0.891 bits per heavy atom. The van der Waals surface area contributed by atoms with Crippen LogP contribution in [0.3, 0.4) is 0 Å². The molecule has 0 bridgehead atoms. The number of carbonyl (C=O) groups excluding carboxylic acids is 3. The molecule has 15 heteroatoms. The summed E-state index contributed by atoms with van der Waals surface area (Å²) in [6.45, 7) is 1.96. The van der Waals surface area contributed by atoms with Gasteiger partial charge in [-0.25, -0.2) is 8.78 Å². The van der Waals surface area contributed by atoms with Crippen LogP contribution >= 0.6 is 23.7 Å². The number of hydrogen-bond donors (Lipinski definition) is 1. The molecule has 46 heavy (non-hydrogen) atoms. The average Bonchev–Trinajstić information content (AvgIpc) is 3.65. The van der Waals surface area contributed by atoms with Crippen LogP contribution in [0.4, 0.5) is 8.78 Å². The fourth-order valence-corrected chi connectivity index (χ4v) is 5.85.